The summed E-state index contributed by atoms with van der Waals surface area (Å²) in [7, 11) is 0. The predicted octanol–water partition coefficient (Wildman–Crippen LogP) is 4.51. The predicted molar refractivity (Wildman–Crippen MR) is 86.5 cm³/mol. The Kier molecular flexibility index (Phi) is 2.93. The number of para-hydroxylation sites is 1. The van der Waals surface area contributed by atoms with Gasteiger partial charge in [-0.05, 0) is 24.3 Å². The van der Waals surface area contributed by atoms with Crippen molar-refractivity contribution in [2.45, 2.75) is 38.6 Å². The first kappa shape index (κ1) is 13.1. The second-order valence-corrected chi connectivity index (χ2v) is 6.69. The van der Waals surface area contributed by atoms with E-state index in [1.54, 1.807) is 0 Å². The van der Waals surface area contributed by atoms with Crippen molar-refractivity contribution in [2.24, 2.45) is 5.41 Å². The average Bonchev–Trinajstić information content (AvgIpc) is 2.84. The molecule has 0 amide bonds. The lowest BCUT2D eigenvalue weighted by Crippen LogP contribution is -2.31. The average molecular weight is 300 g/mol. The summed E-state index contributed by atoms with van der Waals surface area (Å²) >= 11 is 6.14. The van der Waals surface area contributed by atoms with Gasteiger partial charge >= 0.3 is 0 Å². The first-order valence-corrected chi connectivity index (χ1v) is 8.02. The number of rotatable bonds is 3. The number of benzene rings is 1. The largest absolute Gasteiger partial charge is 0.326 e. The van der Waals surface area contributed by atoms with Gasteiger partial charge in [0.25, 0.3) is 0 Å². The molecule has 1 aromatic carbocycles. The Bertz CT molecular complexity index is 817. The minimum atomic E-state index is 0.388. The van der Waals surface area contributed by atoms with Crippen LogP contribution in [-0.2, 0) is 12.4 Å². The molecule has 0 radical (unpaired) electrons. The van der Waals surface area contributed by atoms with Gasteiger partial charge in [-0.15, -0.1) is 11.6 Å². The molecule has 1 fully saturated rings. The highest BCUT2D eigenvalue weighted by Crippen LogP contribution is 2.43. The molecule has 0 bridgehead atoms. The Morgan fingerprint density at radius 3 is 2.76 bits per heavy atom. The molecule has 0 spiro atoms. The highest BCUT2D eigenvalue weighted by molar-refractivity contribution is 6.17. The van der Waals surface area contributed by atoms with Crippen LogP contribution in [0.1, 0.15) is 32.0 Å². The van der Waals surface area contributed by atoms with Crippen LogP contribution in [0.3, 0.4) is 0 Å². The molecule has 0 N–H and O–H groups in total. The molecule has 1 aliphatic carbocycles. The molecule has 2 aromatic heterocycles. The lowest BCUT2D eigenvalue weighted by molar-refractivity contribution is 0.133. The second kappa shape index (κ2) is 4.70. The Morgan fingerprint density at radius 1 is 1.24 bits per heavy atom. The molecule has 3 aromatic rings. The number of nitrogens with zero attached hydrogens (tertiary/aromatic N) is 3. The Morgan fingerprint density at radius 2 is 2.05 bits per heavy atom. The molecule has 21 heavy (non-hydrogen) atoms. The SMILES string of the molecule is CC1(Cn2c(CCl)nc3cnc4ccccc4c32)CCC1. The summed E-state index contributed by atoms with van der Waals surface area (Å²) < 4.78 is 2.32. The zero-order valence-corrected chi connectivity index (χ0v) is 12.9. The number of hydrogen-bond acceptors (Lipinski definition) is 2. The van der Waals surface area contributed by atoms with Gasteiger partial charge in [0.2, 0.25) is 0 Å². The minimum Gasteiger partial charge on any atom is -0.326 e. The molecule has 1 saturated carbocycles. The van der Waals surface area contributed by atoms with Gasteiger partial charge < -0.3 is 4.57 Å². The van der Waals surface area contributed by atoms with Crippen LogP contribution in [0.15, 0.2) is 30.5 Å². The lowest BCUT2D eigenvalue weighted by atomic mass is 9.70. The summed E-state index contributed by atoms with van der Waals surface area (Å²) in [5.41, 5.74) is 3.54. The van der Waals surface area contributed by atoms with Gasteiger partial charge in [0.1, 0.15) is 11.3 Å². The van der Waals surface area contributed by atoms with Crippen molar-refractivity contribution in [2.75, 3.05) is 0 Å². The molecule has 0 saturated heterocycles. The van der Waals surface area contributed by atoms with Gasteiger partial charge in [0.05, 0.1) is 23.1 Å². The highest BCUT2D eigenvalue weighted by Gasteiger charge is 2.33. The molecule has 2 heterocycles. The summed E-state index contributed by atoms with van der Waals surface area (Å²) in [6.07, 6.45) is 5.78. The fraction of sp³-hybridized carbons (Fsp3) is 0.412. The van der Waals surface area contributed by atoms with Crippen LogP contribution >= 0.6 is 11.6 Å². The molecule has 4 rings (SSSR count). The third-order valence-electron chi connectivity index (χ3n) is 4.78. The van der Waals surface area contributed by atoms with Crippen LogP contribution in [0.5, 0.6) is 0 Å². The van der Waals surface area contributed by atoms with Crippen LogP contribution in [0.2, 0.25) is 0 Å². The standard InChI is InChI=1S/C17H18ClN3/c1-17(7-4-8-17)11-21-15(9-18)20-14-10-19-13-6-3-2-5-12(13)16(14)21/h2-3,5-6,10H,4,7-9,11H2,1H3. The second-order valence-electron chi connectivity index (χ2n) is 6.42. The van der Waals surface area contributed by atoms with E-state index in [-0.39, 0.29) is 0 Å². The van der Waals surface area contributed by atoms with Crippen molar-refractivity contribution >= 4 is 33.5 Å². The lowest BCUT2D eigenvalue weighted by Gasteiger charge is -2.39. The summed E-state index contributed by atoms with van der Waals surface area (Å²) in [6.45, 7) is 3.36. The van der Waals surface area contributed by atoms with Crippen LogP contribution < -0.4 is 0 Å². The zero-order valence-electron chi connectivity index (χ0n) is 12.1. The molecule has 3 nitrogen and oxygen atoms in total. The molecule has 0 aliphatic heterocycles. The maximum Gasteiger partial charge on any atom is 0.124 e. The normalized spacial score (nSPS) is 17.2. The van der Waals surface area contributed by atoms with E-state index >= 15 is 0 Å². The van der Waals surface area contributed by atoms with Crippen molar-refractivity contribution in [3.05, 3.63) is 36.3 Å². The van der Waals surface area contributed by atoms with E-state index in [1.165, 1.54) is 30.2 Å². The van der Waals surface area contributed by atoms with E-state index in [0.717, 1.165) is 23.4 Å². The quantitative estimate of drug-likeness (QED) is 0.666. The Labute approximate surface area is 129 Å². The van der Waals surface area contributed by atoms with Crippen molar-refractivity contribution in [3.63, 3.8) is 0 Å². The van der Waals surface area contributed by atoms with Gasteiger partial charge in [-0.25, -0.2) is 4.98 Å². The van der Waals surface area contributed by atoms with Crippen LogP contribution in [0, 0.1) is 5.41 Å². The molecular formula is C17H18ClN3. The van der Waals surface area contributed by atoms with Crippen LogP contribution in [0.4, 0.5) is 0 Å². The summed E-state index contributed by atoms with van der Waals surface area (Å²) in [5, 5.41) is 1.17. The first-order chi connectivity index (χ1) is 10.2. The Hall–Kier alpha value is -1.61. The molecule has 0 unspecified atom stereocenters. The van der Waals surface area contributed by atoms with E-state index in [1.807, 2.05) is 12.3 Å². The van der Waals surface area contributed by atoms with Crippen LogP contribution in [-0.4, -0.2) is 14.5 Å². The number of fused-ring (bicyclic) bond motifs is 3. The fourth-order valence-corrected chi connectivity index (χ4v) is 3.61. The van der Waals surface area contributed by atoms with E-state index in [0.29, 0.717) is 11.3 Å². The molecule has 1 aliphatic rings. The molecule has 4 heteroatoms. The molecule has 0 atom stereocenters. The maximum atomic E-state index is 6.14. The van der Waals surface area contributed by atoms with E-state index in [4.69, 9.17) is 16.6 Å². The minimum absolute atomic E-state index is 0.388. The van der Waals surface area contributed by atoms with Crippen molar-refractivity contribution in [1.82, 2.24) is 14.5 Å². The van der Waals surface area contributed by atoms with Crippen molar-refractivity contribution in [3.8, 4) is 0 Å². The van der Waals surface area contributed by atoms with Gasteiger partial charge in [0, 0.05) is 11.9 Å². The fourth-order valence-electron chi connectivity index (χ4n) is 3.40. The van der Waals surface area contributed by atoms with Crippen LogP contribution in [0.25, 0.3) is 21.9 Å². The number of pyridine rings is 1. The number of hydrogen-bond donors (Lipinski definition) is 0. The van der Waals surface area contributed by atoms with E-state index in [2.05, 4.69) is 34.7 Å². The third kappa shape index (κ3) is 2.03. The number of imidazole rings is 1. The number of halogens is 1. The maximum absolute atomic E-state index is 6.14. The third-order valence-corrected chi connectivity index (χ3v) is 5.02. The Balaban J connectivity index is 1.99. The highest BCUT2D eigenvalue weighted by atomic mass is 35.5. The molecular weight excluding hydrogens is 282 g/mol. The van der Waals surface area contributed by atoms with Crippen molar-refractivity contribution < 1.29 is 0 Å². The summed E-state index contributed by atoms with van der Waals surface area (Å²) in [5.74, 6) is 1.40. The summed E-state index contributed by atoms with van der Waals surface area (Å²) in [6, 6.07) is 8.27. The van der Waals surface area contributed by atoms with Gasteiger partial charge in [0.15, 0.2) is 0 Å². The van der Waals surface area contributed by atoms with Crippen molar-refractivity contribution in [1.29, 1.82) is 0 Å². The van der Waals surface area contributed by atoms with Gasteiger partial charge in [-0.3, -0.25) is 4.98 Å². The monoisotopic (exact) mass is 299 g/mol. The van der Waals surface area contributed by atoms with Gasteiger partial charge in [-0.2, -0.15) is 0 Å². The number of aromatic nitrogens is 3. The van der Waals surface area contributed by atoms with Gasteiger partial charge in [-0.1, -0.05) is 31.5 Å². The number of alkyl halides is 1. The molecule has 108 valence electrons. The topological polar surface area (TPSA) is 30.7 Å². The smallest absolute Gasteiger partial charge is 0.124 e. The first-order valence-electron chi connectivity index (χ1n) is 7.49. The van der Waals surface area contributed by atoms with E-state index in [9.17, 15) is 0 Å². The van der Waals surface area contributed by atoms with E-state index < -0.39 is 0 Å². The zero-order chi connectivity index (χ0) is 14.4. The summed E-state index contributed by atoms with van der Waals surface area (Å²) in [4.78, 5) is 9.20.